The second kappa shape index (κ2) is 8.40. The van der Waals surface area contributed by atoms with Crippen molar-refractivity contribution in [1.82, 2.24) is 9.13 Å². The van der Waals surface area contributed by atoms with Crippen LogP contribution in [-0.2, 0) is 27.4 Å². The fraction of sp³-hybridized carbons (Fsp3) is 0.103. The molecule has 0 unspecified atom stereocenters. The summed E-state index contributed by atoms with van der Waals surface area (Å²) in [6, 6.07) is 24.0. The molecule has 0 spiro atoms. The van der Waals surface area contributed by atoms with Crippen molar-refractivity contribution in [3.8, 4) is 0 Å². The molecule has 2 aromatic heterocycles. The lowest BCUT2D eigenvalue weighted by Gasteiger charge is -2.05. The van der Waals surface area contributed by atoms with E-state index < -0.39 is 11.9 Å². The predicted octanol–water partition coefficient (Wildman–Crippen LogP) is 6.42. The molecule has 0 amide bonds. The highest BCUT2D eigenvalue weighted by Crippen LogP contribution is 2.42. The number of esters is 2. The molecule has 0 saturated carbocycles. The number of ether oxygens (including phenoxy) is 1. The van der Waals surface area contributed by atoms with Crippen molar-refractivity contribution in [2.24, 2.45) is 0 Å². The minimum absolute atomic E-state index is 0.303. The number of hydrogen-bond donors (Lipinski definition) is 0. The van der Waals surface area contributed by atoms with Crippen LogP contribution in [0.3, 0.4) is 0 Å². The maximum absolute atomic E-state index is 13.2. The molecule has 0 radical (unpaired) electrons. The lowest BCUT2D eigenvalue weighted by Crippen LogP contribution is -2.02. The first-order valence-corrected chi connectivity index (χ1v) is 12.3. The third-order valence-corrected chi connectivity index (χ3v) is 7.22. The van der Waals surface area contributed by atoms with E-state index in [4.69, 9.17) is 4.74 Å². The summed E-state index contributed by atoms with van der Waals surface area (Å²) in [5, 5.41) is 1.79. The molecule has 3 aromatic carbocycles. The van der Waals surface area contributed by atoms with Gasteiger partial charge >= 0.3 is 11.9 Å². The van der Waals surface area contributed by atoms with Crippen LogP contribution in [0.5, 0.6) is 0 Å². The average molecular weight is 525 g/mol. The maximum atomic E-state index is 13.2. The molecular weight excluding hydrogens is 504 g/mol. The van der Waals surface area contributed by atoms with Gasteiger partial charge in [0.15, 0.2) is 0 Å². The molecule has 35 heavy (non-hydrogen) atoms. The molecule has 6 rings (SSSR count). The van der Waals surface area contributed by atoms with Crippen LogP contribution in [0, 0.1) is 0 Å². The Hall–Kier alpha value is -3.90. The summed E-state index contributed by atoms with van der Waals surface area (Å²) < 4.78 is 10.3. The number of aryl methyl sites for hydroxylation is 1. The van der Waals surface area contributed by atoms with Gasteiger partial charge in [0, 0.05) is 57.4 Å². The Labute approximate surface area is 210 Å². The number of aromatic nitrogens is 2. The normalized spacial score (nSPS) is 13.9. The zero-order chi connectivity index (χ0) is 24.1. The number of carbonyl (C=O) groups is 2. The number of hydrogen-bond acceptors (Lipinski definition) is 3. The number of fused-ring (bicyclic) bond motifs is 2. The largest absolute Gasteiger partial charge is 0.386 e. The van der Waals surface area contributed by atoms with E-state index in [0.717, 1.165) is 38.4 Å². The van der Waals surface area contributed by atoms with Crippen LogP contribution >= 0.6 is 15.9 Å². The van der Waals surface area contributed by atoms with Crippen molar-refractivity contribution >= 4 is 60.8 Å². The van der Waals surface area contributed by atoms with Crippen LogP contribution in [0.1, 0.15) is 23.6 Å². The van der Waals surface area contributed by atoms with E-state index in [9.17, 15) is 9.59 Å². The lowest BCUT2D eigenvalue weighted by molar-refractivity contribution is -0.149. The minimum atomic E-state index is -0.618. The number of carbonyl (C=O) groups excluding carboxylic acids is 2. The van der Waals surface area contributed by atoms with Crippen molar-refractivity contribution in [2.45, 2.75) is 20.0 Å². The van der Waals surface area contributed by atoms with Gasteiger partial charge in [-0.2, -0.15) is 0 Å². The Morgan fingerprint density at radius 1 is 0.743 bits per heavy atom. The lowest BCUT2D eigenvalue weighted by atomic mass is 9.95. The summed E-state index contributed by atoms with van der Waals surface area (Å²) in [5.74, 6) is -1.23. The second-order valence-corrected chi connectivity index (χ2v) is 9.42. The Morgan fingerprint density at radius 3 is 2.17 bits per heavy atom. The van der Waals surface area contributed by atoms with Gasteiger partial charge in [0.1, 0.15) is 0 Å². The van der Waals surface area contributed by atoms with Crippen LogP contribution in [-0.4, -0.2) is 21.1 Å². The van der Waals surface area contributed by atoms with Crippen molar-refractivity contribution in [3.63, 3.8) is 0 Å². The molecule has 0 fully saturated rings. The van der Waals surface area contributed by atoms with E-state index >= 15 is 0 Å². The molecule has 0 bridgehead atoms. The van der Waals surface area contributed by atoms with Crippen molar-refractivity contribution < 1.29 is 14.3 Å². The van der Waals surface area contributed by atoms with Gasteiger partial charge in [0.05, 0.1) is 16.7 Å². The van der Waals surface area contributed by atoms with Crippen LogP contribution in [0.15, 0.2) is 89.7 Å². The van der Waals surface area contributed by atoms with E-state index in [-0.39, 0.29) is 0 Å². The topological polar surface area (TPSA) is 53.2 Å². The molecular formula is C29H21BrN2O3. The monoisotopic (exact) mass is 524 g/mol. The fourth-order valence-corrected chi connectivity index (χ4v) is 5.57. The van der Waals surface area contributed by atoms with Crippen LogP contribution in [0.4, 0.5) is 0 Å². The first-order chi connectivity index (χ1) is 17.1. The van der Waals surface area contributed by atoms with Crippen molar-refractivity contribution in [3.05, 3.63) is 106 Å². The van der Waals surface area contributed by atoms with Crippen LogP contribution in [0.2, 0.25) is 0 Å². The maximum Gasteiger partial charge on any atom is 0.347 e. The molecule has 1 aliphatic heterocycles. The van der Waals surface area contributed by atoms with Gasteiger partial charge in [0.25, 0.3) is 0 Å². The average Bonchev–Trinajstić information content (AvgIpc) is 3.51. The first-order valence-electron chi connectivity index (χ1n) is 11.5. The molecule has 0 aliphatic carbocycles. The Bertz CT molecular complexity index is 1670. The van der Waals surface area contributed by atoms with Gasteiger partial charge in [0.2, 0.25) is 0 Å². The van der Waals surface area contributed by atoms with E-state index in [1.54, 1.807) is 0 Å². The molecule has 5 nitrogen and oxygen atoms in total. The van der Waals surface area contributed by atoms with E-state index in [1.807, 2.05) is 73.1 Å². The zero-order valence-corrected chi connectivity index (χ0v) is 20.6. The van der Waals surface area contributed by atoms with Gasteiger partial charge in [-0.25, -0.2) is 9.59 Å². The molecule has 0 atom stereocenters. The number of halogens is 1. The molecule has 0 N–H and O–H groups in total. The molecule has 0 saturated heterocycles. The zero-order valence-electron chi connectivity index (χ0n) is 19.0. The smallest absolute Gasteiger partial charge is 0.347 e. The van der Waals surface area contributed by atoms with E-state index in [1.165, 1.54) is 0 Å². The van der Waals surface area contributed by atoms with E-state index in [0.29, 0.717) is 28.8 Å². The quantitative estimate of drug-likeness (QED) is 0.197. The Morgan fingerprint density at radius 2 is 1.40 bits per heavy atom. The third kappa shape index (κ3) is 3.44. The van der Waals surface area contributed by atoms with Gasteiger partial charge < -0.3 is 13.9 Å². The summed E-state index contributed by atoms with van der Waals surface area (Å²) >= 11 is 3.68. The van der Waals surface area contributed by atoms with Gasteiger partial charge in [-0.3, -0.25) is 0 Å². The SMILES string of the molecule is CCn1cc(C2=C(c3cn(Cc4ccccc4)c4cccc(Br)c34)C(=O)OC2=O)c2ccccc21. The summed E-state index contributed by atoms with van der Waals surface area (Å²) in [5.41, 5.74) is 5.13. The number of nitrogens with zero attached hydrogens (tertiary/aromatic N) is 2. The first kappa shape index (κ1) is 21.6. The van der Waals surface area contributed by atoms with Crippen molar-refractivity contribution in [1.29, 1.82) is 0 Å². The van der Waals surface area contributed by atoms with Crippen molar-refractivity contribution in [2.75, 3.05) is 0 Å². The number of para-hydroxylation sites is 1. The highest BCUT2D eigenvalue weighted by molar-refractivity contribution is 9.10. The van der Waals surface area contributed by atoms with Crippen LogP contribution in [0.25, 0.3) is 33.0 Å². The molecule has 3 heterocycles. The predicted molar refractivity (Wildman–Crippen MR) is 141 cm³/mol. The standard InChI is InChI=1S/C29H21BrN2O3/c1-2-31-16-20(19-11-6-7-13-23(19)31)26-27(29(34)35-28(26)33)21-17-32(15-18-9-4-3-5-10-18)24-14-8-12-22(30)25(21)24/h3-14,16-17H,2,15H2,1H3. The summed E-state index contributed by atoms with van der Waals surface area (Å²) in [4.78, 5) is 26.3. The van der Waals surface area contributed by atoms with E-state index in [2.05, 4.69) is 44.1 Å². The van der Waals surface area contributed by atoms with Gasteiger partial charge in [-0.05, 0) is 30.7 Å². The molecule has 172 valence electrons. The molecule has 6 heteroatoms. The number of benzene rings is 3. The Balaban J connectivity index is 1.64. The third-order valence-electron chi connectivity index (χ3n) is 6.56. The molecule has 1 aliphatic rings. The summed E-state index contributed by atoms with van der Waals surface area (Å²) in [7, 11) is 0. The number of cyclic esters (lactones) is 2. The second-order valence-electron chi connectivity index (χ2n) is 8.56. The fourth-order valence-electron chi connectivity index (χ4n) is 5.00. The highest BCUT2D eigenvalue weighted by atomic mass is 79.9. The summed E-state index contributed by atoms with van der Waals surface area (Å²) in [6.45, 7) is 3.43. The highest BCUT2D eigenvalue weighted by Gasteiger charge is 2.38. The number of rotatable bonds is 5. The molecule has 5 aromatic rings. The van der Waals surface area contributed by atoms with Gasteiger partial charge in [-0.15, -0.1) is 0 Å². The van der Waals surface area contributed by atoms with Crippen LogP contribution < -0.4 is 0 Å². The van der Waals surface area contributed by atoms with Gasteiger partial charge in [-0.1, -0.05) is 70.5 Å². The summed E-state index contributed by atoms with van der Waals surface area (Å²) in [6.07, 6.45) is 3.90. The Kier molecular flexibility index (Phi) is 5.19. The minimum Gasteiger partial charge on any atom is -0.386 e.